The van der Waals surface area contributed by atoms with Crippen molar-refractivity contribution in [3.63, 3.8) is 0 Å². The van der Waals surface area contributed by atoms with Gasteiger partial charge in [-0.1, -0.05) is 12.8 Å². The summed E-state index contributed by atoms with van der Waals surface area (Å²) >= 11 is 0. The van der Waals surface area contributed by atoms with Crippen molar-refractivity contribution in [2.45, 2.75) is 25.7 Å². The summed E-state index contributed by atoms with van der Waals surface area (Å²) < 4.78 is 26.8. The molecule has 2 unspecified atom stereocenters. The maximum Gasteiger partial charge on any atom is 0.183 e. The fraction of sp³-hybridized carbons (Fsp3) is 0.571. The maximum absolute atomic E-state index is 13.6. The molecule has 1 aromatic carbocycles. The zero-order valence-electron chi connectivity index (χ0n) is 10.8. The van der Waals surface area contributed by atoms with E-state index in [2.05, 4.69) is 5.32 Å². The van der Waals surface area contributed by atoms with Crippen molar-refractivity contribution in [1.29, 1.82) is 0 Å². The molecule has 0 radical (unpaired) electrons. The van der Waals surface area contributed by atoms with E-state index in [1.54, 1.807) is 0 Å². The van der Waals surface area contributed by atoms with Crippen molar-refractivity contribution >= 4 is 11.4 Å². The Morgan fingerprint density at radius 1 is 1.21 bits per heavy atom. The fourth-order valence-corrected chi connectivity index (χ4v) is 2.77. The summed E-state index contributed by atoms with van der Waals surface area (Å²) in [7, 11) is 0. The van der Waals surface area contributed by atoms with Crippen LogP contribution in [-0.4, -0.2) is 18.3 Å². The highest BCUT2D eigenvalue weighted by atomic mass is 19.2. The van der Waals surface area contributed by atoms with E-state index in [0.29, 0.717) is 6.54 Å². The second kappa shape index (κ2) is 6.19. The van der Waals surface area contributed by atoms with Gasteiger partial charge in [-0.2, -0.15) is 0 Å². The minimum Gasteiger partial charge on any atom is -0.397 e. The zero-order chi connectivity index (χ0) is 13.8. The molecule has 1 fully saturated rings. The van der Waals surface area contributed by atoms with Crippen LogP contribution < -0.4 is 11.1 Å². The van der Waals surface area contributed by atoms with Crippen LogP contribution >= 0.6 is 0 Å². The van der Waals surface area contributed by atoms with Crippen LogP contribution in [0.15, 0.2) is 12.1 Å². The Kier molecular flexibility index (Phi) is 4.58. The minimum atomic E-state index is -0.934. The first-order valence-corrected chi connectivity index (χ1v) is 6.71. The standard InChI is InChI=1S/C14H20F2N2O/c15-11-5-6-12(17)14(13(11)16)18-7-9-3-1-2-4-10(9)8-19/h5-6,9-10,18-19H,1-4,7-8,17H2. The van der Waals surface area contributed by atoms with Gasteiger partial charge >= 0.3 is 0 Å². The second-order valence-corrected chi connectivity index (χ2v) is 5.19. The lowest BCUT2D eigenvalue weighted by Crippen LogP contribution is -2.29. The van der Waals surface area contributed by atoms with Gasteiger partial charge in [0.2, 0.25) is 0 Å². The molecule has 0 aliphatic heterocycles. The van der Waals surface area contributed by atoms with E-state index in [-0.39, 0.29) is 29.8 Å². The molecule has 1 aliphatic carbocycles. The highest BCUT2D eigenvalue weighted by molar-refractivity contribution is 5.66. The lowest BCUT2D eigenvalue weighted by molar-refractivity contribution is 0.141. The number of aliphatic hydroxyl groups is 1. The summed E-state index contributed by atoms with van der Waals surface area (Å²) in [5.74, 6) is -1.32. The van der Waals surface area contributed by atoms with Gasteiger partial charge in [0.15, 0.2) is 11.6 Å². The minimum absolute atomic E-state index is 0.0299. The number of nitrogen functional groups attached to an aromatic ring is 1. The quantitative estimate of drug-likeness (QED) is 0.737. The fourth-order valence-electron chi connectivity index (χ4n) is 2.77. The molecule has 106 valence electrons. The molecule has 0 saturated heterocycles. The van der Waals surface area contributed by atoms with Crippen molar-refractivity contribution in [2.24, 2.45) is 11.8 Å². The van der Waals surface area contributed by atoms with Gasteiger partial charge in [-0.15, -0.1) is 0 Å². The number of nitrogens with one attached hydrogen (secondary N) is 1. The van der Waals surface area contributed by atoms with Crippen molar-refractivity contribution in [3.05, 3.63) is 23.8 Å². The van der Waals surface area contributed by atoms with E-state index in [9.17, 15) is 13.9 Å². The summed E-state index contributed by atoms with van der Waals surface area (Å²) in [6, 6.07) is 2.37. The first kappa shape index (κ1) is 14.1. The summed E-state index contributed by atoms with van der Waals surface area (Å²) in [4.78, 5) is 0. The molecule has 0 aromatic heterocycles. The Bertz CT molecular complexity index is 440. The average Bonchev–Trinajstić information content (AvgIpc) is 2.43. The number of aliphatic hydroxyl groups excluding tert-OH is 1. The Hall–Kier alpha value is -1.36. The molecule has 0 bridgehead atoms. The van der Waals surface area contributed by atoms with Crippen LogP contribution in [0.2, 0.25) is 0 Å². The van der Waals surface area contributed by atoms with Crippen LogP contribution in [0.3, 0.4) is 0 Å². The van der Waals surface area contributed by atoms with Crippen LogP contribution in [0.4, 0.5) is 20.2 Å². The van der Waals surface area contributed by atoms with Crippen molar-refractivity contribution < 1.29 is 13.9 Å². The van der Waals surface area contributed by atoms with Gasteiger partial charge in [0.25, 0.3) is 0 Å². The molecule has 1 saturated carbocycles. The summed E-state index contributed by atoms with van der Waals surface area (Å²) in [6.07, 6.45) is 4.22. The molecule has 19 heavy (non-hydrogen) atoms. The predicted molar refractivity (Wildman–Crippen MR) is 71.8 cm³/mol. The highest BCUT2D eigenvalue weighted by Crippen LogP contribution is 2.31. The van der Waals surface area contributed by atoms with Gasteiger partial charge in [-0.05, 0) is 36.8 Å². The van der Waals surface area contributed by atoms with Gasteiger partial charge in [-0.3, -0.25) is 0 Å². The third-order valence-corrected chi connectivity index (χ3v) is 3.97. The van der Waals surface area contributed by atoms with Crippen LogP contribution in [0, 0.1) is 23.5 Å². The van der Waals surface area contributed by atoms with E-state index in [1.165, 1.54) is 6.07 Å². The number of nitrogens with two attached hydrogens (primary N) is 1. The van der Waals surface area contributed by atoms with E-state index in [0.717, 1.165) is 31.7 Å². The van der Waals surface area contributed by atoms with Crippen LogP contribution in [0.5, 0.6) is 0 Å². The molecule has 4 N–H and O–H groups in total. The molecule has 1 aromatic rings. The van der Waals surface area contributed by atoms with Crippen molar-refractivity contribution in [2.75, 3.05) is 24.2 Å². The molecule has 0 spiro atoms. The number of hydrogen-bond acceptors (Lipinski definition) is 3. The van der Waals surface area contributed by atoms with Gasteiger partial charge in [0.1, 0.15) is 0 Å². The molecule has 0 amide bonds. The van der Waals surface area contributed by atoms with Crippen LogP contribution in [0.1, 0.15) is 25.7 Å². The largest absolute Gasteiger partial charge is 0.397 e. The average molecular weight is 270 g/mol. The van der Waals surface area contributed by atoms with Gasteiger partial charge in [0, 0.05) is 13.2 Å². The Morgan fingerprint density at radius 3 is 2.58 bits per heavy atom. The summed E-state index contributed by atoms with van der Waals surface area (Å²) in [6.45, 7) is 0.656. The first-order valence-electron chi connectivity index (χ1n) is 6.71. The second-order valence-electron chi connectivity index (χ2n) is 5.19. The maximum atomic E-state index is 13.6. The Morgan fingerprint density at radius 2 is 1.89 bits per heavy atom. The van der Waals surface area contributed by atoms with Gasteiger partial charge in [-0.25, -0.2) is 8.78 Å². The number of halogens is 2. The highest BCUT2D eigenvalue weighted by Gasteiger charge is 2.24. The Balaban J connectivity index is 2.04. The monoisotopic (exact) mass is 270 g/mol. The molecule has 0 heterocycles. The van der Waals surface area contributed by atoms with E-state index < -0.39 is 11.6 Å². The van der Waals surface area contributed by atoms with Crippen LogP contribution in [-0.2, 0) is 0 Å². The smallest absolute Gasteiger partial charge is 0.183 e. The van der Waals surface area contributed by atoms with E-state index >= 15 is 0 Å². The molecule has 1 aliphatic rings. The Labute approximate surface area is 111 Å². The molecular weight excluding hydrogens is 250 g/mol. The normalized spacial score (nSPS) is 23.3. The van der Waals surface area contributed by atoms with E-state index in [4.69, 9.17) is 5.73 Å². The third kappa shape index (κ3) is 3.15. The number of rotatable bonds is 4. The molecule has 2 rings (SSSR count). The van der Waals surface area contributed by atoms with E-state index in [1.807, 2.05) is 0 Å². The van der Waals surface area contributed by atoms with Crippen molar-refractivity contribution in [1.82, 2.24) is 0 Å². The zero-order valence-corrected chi connectivity index (χ0v) is 10.8. The first-order chi connectivity index (χ1) is 9.13. The SMILES string of the molecule is Nc1ccc(F)c(F)c1NCC1CCCCC1CO. The lowest BCUT2D eigenvalue weighted by atomic mass is 9.79. The number of hydrogen-bond donors (Lipinski definition) is 3. The van der Waals surface area contributed by atoms with Gasteiger partial charge < -0.3 is 16.2 Å². The predicted octanol–water partition coefficient (Wildman–Crippen LogP) is 2.76. The van der Waals surface area contributed by atoms with Gasteiger partial charge in [0.05, 0.1) is 11.4 Å². The summed E-state index contributed by atoms with van der Waals surface area (Å²) in [5, 5.41) is 12.2. The number of benzene rings is 1. The van der Waals surface area contributed by atoms with Crippen LogP contribution in [0.25, 0.3) is 0 Å². The van der Waals surface area contributed by atoms with Crippen molar-refractivity contribution in [3.8, 4) is 0 Å². The third-order valence-electron chi connectivity index (χ3n) is 3.97. The topological polar surface area (TPSA) is 58.3 Å². The number of anilines is 2. The molecule has 2 atom stereocenters. The molecule has 3 nitrogen and oxygen atoms in total. The lowest BCUT2D eigenvalue weighted by Gasteiger charge is -2.30. The molecular formula is C14H20F2N2O. The summed E-state index contributed by atoms with van der Waals surface area (Å²) in [5.41, 5.74) is 5.89. The molecule has 5 heteroatoms.